The predicted octanol–water partition coefficient (Wildman–Crippen LogP) is 4.35. The molecule has 0 bridgehead atoms. The molecule has 0 atom stereocenters. The molecule has 0 aliphatic carbocycles. The van der Waals surface area contributed by atoms with Gasteiger partial charge in [0.2, 0.25) is 0 Å². The highest BCUT2D eigenvalue weighted by Crippen LogP contribution is 2.31. The summed E-state index contributed by atoms with van der Waals surface area (Å²) in [5.74, 6) is 0.546. The predicted molar refractivity (Wildman–Crippen MR) is 138 cm³/mol. The van der Waals surface area contributed by atoms with Crippen LogP contribution in [0.4, 0.5) is 10.5 Å². The summed E-state index contributed by atoms with van der Waals surface area (Å²) in [5.41, 5.74) is 3.54. The van der Waals surface area contributed by atoms with Gasteiger partial charge in [0.1, 0.15) is 12.2 Å². The highest BCUT2D eigenvalue weighted by atomic mass is 35.5. The van der Waals surface area contributed by atoms with Crippen LogP contribution >= 0.6 is 23.2 Å². The lowest BCUT2D eigenvalue weighted by Gasteiger charge is -2.14. The van der Waals surface area contributed by atoms with Crippen LogP contribution in [0.3, 0.4) is 0 Å². The standard InChI is InChI=1S/C24H18Cl2N8O3/c1-32(24(36)37)16-3-4-17(19(26)10-16)20-11-27-22(29-20)12-33-7-6-14(8-23(33)35)18-9-15(25)2-5-21(18)34-13-28-30-31-34/h2-11,13H,12H2,1H3,(H,27,29)(H,36,37). The number of H-pyrrole nitrogens is 1. The Morgan fingerprint density at radius 2 is 1.95 bits per heavy atom. The molecule has 5 rings (SSSR count). The molecule has 13 heteroatoms. The van der Waals surface area contributed by atoms with E-state index in [1.807, 2.05) is 0 Å². The largest absolute Gasteiger partial charge is 0.465 e. The van der Waals surface area contributed by atoms with Gasteiger partial charge in [-0.2, -0.15) is 4.68 Å². The minimum atomic E-state index is -1.09. The van der Waals surface area contributed by atoms with Gasteiger partial charge >= 0.3 is 6.09 Å². The van der Waals surface area contributed by atoms with Crippen LogP contribution in [0.1, 0.15) is 5.82 Å². The number of pyridine rings is 1. The molecule has 0 fully saturated rings. The van der Waals surface area contributed by atoms with Crippen molar-refractivity contribution in [3.05, 3.63) is 93.5 Å². The van der Waals surface area contributed by atoms with E-state index < -0.39 is 6.09 Å². The van der Waals surface area contributed by atoms with Gasteiger partial charge in [0.15, 0.2) is 0 Å². The number of nitrogens with zero attached hydrogens (tertiary/aromatic N) is 7. The molecule has 0 radical (unpaired) electrons. The molecule has 5 aromatic rings. The summed E-state index contributed by atoms with van der Waals surface area (Å²) in [5, 5.41) is 21.3. The van der Waals surface area contributed by atoms with Crippen LogP contribution in [0.25, 0.3) is 28.1 Å². The summed E-state index contributed by atoms with van der Waals surface area (Å²) in [6.07, 6.45) is 3.66. The SMILES string of the molecule is CN(C(=O)O)c1ccc(-c2cnc(Cn3ccc(-c4cc(Cl)ccc4-n4cnnn4)cc3=O)[nH]2)c(Cl)c1. The van der Waals surface area contributed by atoms with Crippen molar-refractivity contribution in [2.75, 3.05) is 11.9 Å². The first kappa shape index (κ1) is 24.2. The van der Waals surface area contributed by atoms with Gasteiger partial charge < -0.3 is 14.7 Å². The Bertz CT molecular complexity index is 1660. The molecule has 0 unspecified atom stereocenters. The summed E-state index contributed by atoms with van der Waals surface area (Å²) < 4.78 is 3.01. The van der Waals surface area contributed by atoms with Gasteiger partial charge in [-0.15, -0.1) is 5.10 Å². The molecule has 11 nitrogen and oxygen atoms in total. The summed E-state index contributed by atoms with van der Waals surface area (Å²) in [4.78, 5) is 32.8. The molecular formula is C24H18Cl2N8O3. The molecule has 37 heavy (non-hydrogen) atoms. The lowest BCUT2D eigenvalue weighted by molar-refractivity contribution is 0.203. The van der Waals surface area contributed by atoms with E-state index in [4.69, 9.17) is 28.3 Å². The third kappa shape index (κ3) is 4.95. The van der Waals surface area contributed by atoms with Crippen LogP contribution in [0.5, 0.6) is 0 Å². The number of imidazole rings is 1. The second kappa shape index (κ2) is 9.88. The molecule has 0 aliphatic heterocycles. The minimum Gasteiger partial charge on any atom is -0.465 e. The first-order valence-corrected chi connectivity index (χ1v) is 11.6. The number of rotatable bonds is 6. The molecule has 3 aromatic heterocycles. The Morgan fingerprint density at radius 3 is 2.65 bits per heavy atom. The number of aromatic nitrogens is 7. The summed E-state index contributed by atoms with van der Waals surface area (Å²) in [7, 11) is 1.43. The Kier molecular flexibility index (Phi) is 6.47. The minimum absolute atomic E-state index is 0.200. The number of tetrazole rings is 1. The van der Waals surface area contributed by atoms with Crippen molar-refractivity contribution < 1.29 is 9.90 Å². The molecular weight excluding hydrogens is 519 g/mol. The Morgan fingerprint density at radius 1 is 1.11 bits per heavy atom. The Hall–Kier alpha value is -4.48. The molecule has 3 heterocycles. The molecule has 2 aromatic carbocycles. The molecule has 0 spiro atoms. The third-order valence-corrected chi connectivity index (χ3v) is 6.27. The lowest BCUT2D eigenvalue weighted by atomic mass is 10.0. The second-order valence-electron chi connectivity index (χ2n) is 8.05. The Balaban J connectivity index is 1.40. The maximum Gasteiger partial charge on any atom is 0.411 e. The van der Waals surface area contributed by atoms with E-state index in [2.05, 4.69) is 25.5 Å². The smallest absolute Gasteiger partial charge is 0.411 e. The van der Waals surface area contributed by atoms with Crippen molar-refractivity contribution in [2.45, 2.75) is 6.54 Å². The van der Waals surface area contributed by atoms with Crippen molar-refractivity contribution in [1.82, 2.24) is 34.7 Å². The molecule has 186 valence electrons. The van der Waals surface area contributed by atoms with Crippen molar-refractivity contribution in [3.8, 4) is 28.1 Å². The number of carboxylic acid groups (broad SMARTS) is 1. The van der Waals surface area contributed by atoms with E-state index in [-0.39, 0.29) is 12.1 Å². The Labute approximate surface area is 219 Å². The van der Waals surface area contributed by atoms with Gasteiger partial charge in [-0.3, -0.25) is 9.69 Å². The van der Waals surface area contributed by atoms with Crippen LogP contribution in [0.15, 0.2) is 72.0 Å². The monoisotopic (exact) mass is 536 g/mol. The molecule has 0 saturated heterocycles. The van der Waals surface area contributed by atoms with Crippen molar-refractivity contribution in [1.29, 1.82) is 0 Å². The van der Waals surface area contributed by atoms with E-state index in [1.165, 1.54) is 28.7 Å². The van der Waals surface area contributed by atoms with E-state index in [1.54, 1.807) is 54.9 Å². The van der Waals surface area contributed by atoms with Crippen LogP contribution in [-0.2, 0) is 6.54 Å². The number of hydrogen-bond acceptors (Lipinski definition) is 6. The van der Waals surface area contributed by atoms with Crippen molar-refractivity contribution in [2.24, 2.45) is 0 Å². The normalized spacial score (nSPS) is 11.0. The number of benzene rings is 2. The number of carbonyl (C=O) groups is 1. The van der Waals surface area contributed by atoms with E-state index in [0.29, 0.717) is 49.6 Å². The van der Waals surface area contributed by atoms with Gasteiger partial charge in [-0.05, 0) is 58.5 Å². The number of nitrogens with one attached hydrogen (secondary N) is 1. The average Bonchev–Trinajstić information content (AvgIpc) is 3.57. The fourth-order valence-electron chi connectivity index (χ4n) is 3.80. The van der Waals surface area contributed by atoms with Gasteiger partial charge in [-0.25, -0.2) is 9.78 Å². The van der Waals surface area contributed by atoms with Crippen LogP contribution in [0, 0.1) is 0 Å². The topological polar surface area (TPSA) is 135 Å². The first-order chi connectivity index (χ1) is 17.8. The highest BCUT2D eigenvalue weighted by molar-refractivity contribution is 6.33. The molecule has 2 N–H and O–H groups in total. The zero-order valence-corrected chi connectivity index (χ0v) is 20.7. The quantitative estimate of drug-likeness (QED) is 0.329. The van der Waals surface area contributed by atoms with Gasteiger partial charge in [0.05, 0.1) is 29.1 Å². The summed E-state index contributed by atoms with van der Waals surface area (Å²) in [6, 6.07) is 13.5. The molecule has 0 saturated carbocycles. The number of aromatic amines is 1. The number of anilines is 1. The maximum absolute atomic E-state index is 13.0. The molecule has 1 amide bonds. The number of hydrogen-bond donors (Lipinski definition) is 2. The van der Waals surface area contributed by atoms with Crippen molar-refractivity contribution >= 4 is 35.0 Å². The zero-order chi connectivity index (χ0) is 26.1. The van der Waals surface area contributed by atoms with E-state index in [0.717, 1.165) is 4.90 Å². The number of amides is 1. The summed E-state index contributed by atoms with van der Waals surface area (Å²) >= 11 is 12.6. The van der Waals surface area contributed by atoms with E-state index >= 15 is 0 Å². The van der Waals surface area contributed by atoms with Gasteiger partial charge in [0, 0.05) is 41.1 Å². The van der Waals surface area contributed by atoms with Crippen LogP contribution in [-0.4, -0.2) is 53.0 Å². The zero-order valence-electron chi connectivity index (χ0n) is 19.2. The summed E-state index contributed by atoms with van der Waals surface area (Å²) in [6.45, 7) is 0.200. The van der Waals surface area contributed by atoms with Crippen LogP contribution < -0.4 is 10.5 Å². The lowest BCUT2D eigenvalue weighted by Crippen LogP contribution is -2.23. The highest BCUT2D eigenvalue weighted by Gasteiger charge is 2.14. The van der Waals surface area contributed by atoms with Crippen molar-refractivity contribution in [3.63, 3.8) is 0 Å². The average molecular weight is 537 g/mol. The molecule has 0 aliphatic rings. The van der Waals surface area contributed by atoms with E-state index in [9.17, 15) is 9.59 Å². The maximum atomic E-state index is 13.0. The fourth-order valence-corrected chi connectivity index (χ4v) is 4.25. The van der Waals surface area contributed by atoms with Gasteiger partial charge in [-0.1, -0.05) is 23.2 Å². The van der Waals surface area contributed by atoms with Crippen LogP contribution in [0.2, 0.25) is 10.0 Å². The third-order valence-electron chi connectivity index (χ3n) is 5.73. The number of halogens is 2. The second-order valence-corrected chi connectivity index (χ2v) is 8.89. The van der Waals surface area contributed by atoms with Gasteiger partial charge in [0.25, 0.3) is 5.56 Å². The fraction of sp³-hybridized carbons (Fsp3) is 0.0833. The first-order valence-electron chi connectivity index (χ1n) is 10.8.